The van der Waals surface area contributed by atoms with Crippen LogP contribution in [0.2, 0.25) is 0 Å². The molecule has 0 spiro atoms. The number of guanidine groups is 1. The predicted molar refractivity (Wildman–Crippen MR) is 107 cm³/mol. The van der Waals surface area contributed by atoms with Crippen molar-refractivity contribution >= 4 is 5.96 Å². The number of hydrogen-bond acceptors (Lipinski definition) is 5. The number of aryl methyl sites for hydroxylation is 1. The van der Waals surface area contributed by atoms with E-state index in [0.717, 1.165) is 45.0 Å². The van der Waals surface area contributed by atoms with E-state index < -0.39 is 0 Å². The van der Waals surface area contributed by atoms with Crippen molar-refractivity contribution < 1.29 is 4.52 Å². The molecule has 0 aliphatic carbocycles. The Labute approximate surface area is 161 Å². The van der Waals surface area contributed by atoms with Crippen molar-refractivity contribution in [2.24, 2.45) is 4.99 Å². The van der Waals surface area contributed by atoms with E-state index >= 15 is 0 Å². The second-order valence-corrected chi connectivity index (χ2v) is 6.93. The first-order valence-corrected chi connectivity index (χ1v) is 9.83. The summed E-state index contributed by atoms with van der Waals surface area (Å²) in [5.74, 6) is 2.18. The minimum atomic E-state index is 0.459. The third-order valence-corrected chi connectivity index (χ3v) is 4.69. The lowest BCUT2D eigenvalue weighted by Crippen LogP contribution is -2.48. The third-order valence-electron chi connectivity index (χ3n) is 4.69. The number of aliphatic imine (C=N–C) groups is 1. The summed E-state index contributed by atoms with van der Waals surface area (Å²) in [6.45, 7) is 8.63. The Morgan fingerprint density at radius 1 is 1.26 bits per heavy atom. The average molecular weight is 371 g/mol. The molecule has 0 radical (unpaired) electrons. The Hall–Kier alpha value is -2.41. The van der Waals surface area contributed by atoms with Gasteiger partial charge in [-0.3, -0.25) is 9.89 Å². The van der Waals surface area contributed by atoms with Crippen LogP contribution in [0.4, 0.5) is 0 Å². The zero-order chi connectivity index (χ0) is 18.9. The molecule has 1 fully saturated rings. The van der Waals surface area contributed by atoms with E-state index in [4.69, 9.17) is 4.52 Å². The smallest absolute Gasteiger partial charge is 0.228 e. The van der Waals surface area contributed by atoms with Crippen molar-refractivity contribution in [2.45, 2.75) is 45.7 Å². The molecule has 3 rings (SSSR count). The molecule has 2 N–H and O–H groups in total. The Bertz CT molecular complexity index is 706. The second kappa shape index (κ2) is 10.1. The molecule has 1 aliphatic rings. The largest absolute Gasteiger partial charge is 0.357 e. The van der Waals surface area contributed by atoms with Crippen LogP contribution in [0.3, 0.4) is 0 Å². The van der Waals surface area contributed by atoms with Crippen LogP contribution in [0.5, 0.6) is 0 Å². The van der Waals surface area contributed by atoms with Gasteiger partial charge in [0.2, 0.25) is 5.89 Å². The number of rotatable bonds is 7. The van der Waals surface area contributed by atoms with Gasteiger partial charge in [-0.1, -0.05) is 35.5 Å². The normalized spacial score (nSPS) is 16.4. The van der Waals surface area contributed by atoms with E-state index in [1.54, 1.807) is 0 Å². The van der Waals surface area contributed by atoms with E-state index in [1.165, 1.54) is 5.56 Å². The Kier molecular flexibility index (Phi) is 7.21. The van der Waals surface area contributed by atoms with Crippen LogP contribution in [-0.2, 0) is 13.0 Å². The van der Waals surface area contributed by atoms with E-state index in [0.29, 0.717) is 30.7 Å². The summed E-state index contributed by atoms with van der Waals surface area (Å²) in [5.41, 5.74) is 1.38. The number of likely N-dealkylation sites (tertiary alicyclic amines) is 1. The summed E-state index contributed by atoms with van der Waals surface area (Å²) in [5, 5.41) is 10.7. The Morgan fingerprint density at radius 2 is 2.04 bits per heavy atom. The van der Waals surface area contributed by atoms with Gasteiger partial charge in [-0.25, -0.2) is 0 Å². The fourth-order valence-electron chi connectivity index (χ4n) is 3.30. The molecule has 2 heterocycles. The molecule has 2 aromatic rings. The summed E-state index contributed by atoms with van der Waals surface area (Å²) in [6.07, 6.45) is 2.91. The molecular formula is C20H30N6O. The lowest BCUT2D eigenvalue weighted by molar-refractivity contribution is 0.198. The van der Waals surface area contributed by atoms with Crippen molar-refractivity contribution in [3.8, 4) is 0 Å². The van der Waals surface area contributed by atoms with Gasteiger partial charge in [-0.15, -0.1) is 0 Å². The number of benzene rings is 1. The van der Waals surface area contributed by atoms with Crippen molar-refractivity contribution in [1.82, 2.24) is 25.7 Å². The summed E-state index contributed by atoms with van der Waals surface area (Å²) in [6, 6.07) is 11.1. The van der Waals surface area contributed by atoms with Crippen molar-refractivity contribution in [1.29, 1.82) is 0 Å². The first-order chi connectivity index (χ1) is 13.2. The van der Waals surface area contributed by atoms with E-state index in [1.807, 2.05) is 6.92 Å². The number of piperidine rings is 1. The Balaban J connectivity index is 1.43. The molecule has 7 heteroatoms. The molecule has 0 bridgehead atoms. The maximum atomic E-state index is 5.14. The van der Waals surface area contributed by atoms with Gasteiger partial charge in [-0.2, -0.15) is 4.98 Å². The first-order valence-electron chi connectivity index (χ1n) is 9.83. The van der Waals surface area contributed by atoms with Crippen LogP contribution in [0.1, 0.15) is 37.0 Å². The zero-order valence-electron chi connectivity index (χ0n) is 16.3. The third kappa shape index (κ3) is 6.36. The van der Waals surface area contributed by atoms with Gasteiger partial charge < -0.3 is 15.2 Å². The van der Waals surface area contributed by atoms with Gasteiger partial charge in [0, 0.05) is 38.6 Å². The van der Waals surface area contributed by atoms with Crippen molar-refractivity contribution in [2.75, 3.05) is 26.2 Å². The minimum Gasteiger partial charge on any atom is -0.357 e. The molecule has 1 aromatic carbocycles. The maximum Gasteiger partial charge on any atom is 0.228 e. The van der Waals surface area contributed by atoms with Gasteiger partial charge in [0.25, 0.3) is 0 Å². The van der Waals surface area contributed by atoms with Crippen LogP contribution in [0, 0.1) is 6.92 Å². The molecule has 7 nitrogen and oxygen atoms in total. The molecular weight excluding hydrogens is 340 g/mol. The molecule has 0 saturated carbocycles. The highest BCUT2D eigenvalue weighted by atomic mass is 16.5. The maximum absolute atomic E-state index is 5.14. The fraction of sp³-hybridized carbons (Fsp3) is 0.550. The highest BCUT2D eigenvalue weighted by molar-refractivity contribution is 5.80. The molecule has 0 unspecified atom stereocenters. The topological polar surface area (TPSA) is 78.6 Å². The summed E-state index contributed by atoms with van der Waals surface area (Å²) in [7, 11) is 0. The van der Waals surface area contributed by atoms with E-state index in [9.17, 15) is 0 Å². The van der Waals surface area contributed by atoms with Crippen LogP contribution in [0.25, 0.3) is 0 Å². The van der Waals surface area contributed by atoms with Crippen LogP contribution in [0.15, 0.2) is 39.8 Å². The summed E-state index contributed by atoms with van der Waals surface area (Å²) in [4.78, 5) is 11.4. The zero-order valence-corrected chi connectivity index (χ0v) is 16.3. The van der Waals surface area contributed by atoms with Crippen LogP contribution in [-0.4, -0.2) is 53.2 Å². The molecule has 1 aliphatic heterocycles. The highest BCUT2D eigenvalue weighted by Crippen LogP contribution is 2.13. The van der Waals surface area contributed by atoms with Gasteiger partial charge in [-0.05, 0) is 32.3 Å². The molecule has 1 saturated heterocycles. The van der Waals surface area contributed by atoms with E-state index in [2.05, 4.69) is 67.9 Å². The number of nitrogens with zero attached hydrogens (tertiary/aromatic N) is 4. The SMILES string of the molecule is CCNC(=NCCc1nc(C)no1)NC1CCN(Cc2ccccc2)CC1. The minimum absolute atomic E-state index is 0.459. The van der Waals surface area contributed by atoms with Gasteiger partial charge in [0.05, 0.1) is 6.54 Å². The highest BCUT2D eigenvalue weighted by Gasteiger charge is 2.20. The molecule has 0 amide bonds. The van der Waals surface area contributed by atoms with E-state index in [-0.39, 0.29) is 0 Å². The van der Waals surface area contributed by atoms with Gasteiger partial charge in [0.15, 0.2) is 11.8 Å². The fourth-order valence-corrected chi connectivity index (χ4v) is 3.30. The lowest BCUT2D eigenvalue weighted by Gasteiger charge is -2.33. The van der Waals surface area contributed by atoms with Gasteiger partial charge >= 0.3 is 0 Å². The average Bonchev–Trinajstić information content (AvgIpc) is 3.09. The molecule has 27 heavy (non-hydrogen) atoms. The molecule has 0 atom stereocenters. The van der Waals surface area contributed by atoms with Crippen molar-refractivity contribution in [3.05, 3.63) is 47.6 Å². The molecule has 1 aromatic heterocycles. The first kappa shape index (κ1) is 19.4. The predicted octanol–water partition coefficient (Wildman–Crippen LogP) is 2.14. The quantitative estimate of drug-likeness (QED) is 0.574. The van der Waals surface area contributed by atoms with Crippen LogP contribution >= 0.6 is 0 Å². The second-order valence-electron chi connectivity index (χ2n) is 6.93. The standard InChI is InChI=1S/C20H30N6O/c1-3-21-20(22-12-9-19-23-16(2)25-27-19)24-18-10-13-26(14-11-18)15-17-7-5-4-6-8-17/h4-8,18H,3,9-15H2,1-2H3,(H2,21,22,24). The monoisotopic (exact) mass is 370 g/mol. The number of aromatic nitrogens is 2. The summed E-state index contributed by atoms with van der Waals surface area (Å²) >= 11 is 0. The lowest BCUT2D eigenvalue weighted by atomic mass is 10.0. The number of nitrogens with one attached hydrogen (secondary N) is 2. The van der Waals surface area contributed by atoms with Gasteiger partial charge in [0.1, 0.15) is 0 Å². The Morgan fingerprint density at radius 3 is 2.70 bits per heavy atom. The summed E-state index contributed by atoms with van der Waals surface area (Å²) < 4.78 is 5.14. The number of hydrogen-bond donors (Lipinski definition) is 2. The van der Waals surface area contributed by atoms with Crippen LogP contribution < -0.4 is 10.6 Å². The molecule has 146 valence electrons. The van der Waals surface area contributed by atoms with Crippen molar-refractivity contribution in [3.63, 3.8) is 0 Å².